The summed E-state index contributed by atoms with van der Waals surface area (Å²) < 4.78 is 18.1. The summed E-state index contributed by atoms with van der Waals surface area (Å²) in [7, 11) is 4.05. The third kappa shape index (κ3) is 7.35. The standard InChI is InChI=1S/C36H37FN8O2S/c1-36(2,3)31-19-33(45(42-31)25-11-8-9-23(17-25)21-43(4)5)39-35(47)38-20-24-10-6-7-12-30(24)48-27-14-16-32-40-41-34(44(32)22-27)28-18-26(46)13-15-29(28)37/h6-19,22,46H,20-21H2,1-5H3,(H2,38,39,47). The lowest BCUT2D eigenvalue weighted by Gasteiger charge is -2.14. The Labute approximate surface area is 282 Å². The van der Waals surface area contributed by atoms with E-state index in [4.69, 9.17) is 5.10 Å². The summed E-state index contributed by atoms with van der Waals surface area (Å²) in [5, 5.41) is 29.1. The van der Waals surface area contributed by atoms with Crippen molar-refractivity contribution in [1.82, 2.24) is 34.6 Å². The second kappa shape index (κ2) is 13.5. The van der Waals surface area contributed by atoms with E-state index in [1.807, 2.05) is 68.8 Å². The number of anilines is 1. The van der Waals surface area contributed by atoms with Crippen LogP contribution in [-0.2, 0) is 18.5 Å². The Hall–Kier alpha value is -5.20. The first kappa shape index (κ1) is 32.7. The Balaban J connectivity index is 1.20. The van der Waals surface area contributed by atoms with Gasteiger partial charge in [-0.2, -0.15) is 5.10 Å². The molecule has 0 saturated heterocycles. The molecule has 3 heterocycles. The quantitative estimate of drug-likeness (QED) is 0.149. The average molecular weight is 665 g/mol. The molecule has 48 heavy (non-hydrogen) atoms. The van der Waals surface area contributed by atoms with E-state index < -0.39 is 5.82 Å². The van der Waals surface area contributed by atoms with Crippen molar-refractivity contribution in [1.29, 1.82) is 0 Å². The highest BCUT2D eigenvalue weighted by Crippen LogP contribution is 2.33. The van der Waals surface area contributed by atoms with E-state index >= 15 is 0 Å². The molecule has 3 N–H and O–H groups in total. The van der Waals surface area contributed by atoms with Gasteiger partial charge < -0.3 is 15.3 Å². The molecular weight excluding hydrogens is 628 g/mol. The Morgan fingerprint density at radius 3 is 2.58 bits per heavy atom. The molecule has 0 atom stereocenters. The van der Waals surface area contributed by atoms with Crippen LogP contribution < -0.4 is 10.6 Å². The highest BCUT2D eigenvalue weighted by atomic mass is 32.2. The number of carbonyl (C=O) groups is 1. The minimum atomic E-state index is -0.509. The fourth-order valence-corrected chi connectivity index (χ4v) is 6.16. The molecule has 246 valence electrons. The number of hydrogen-bond acceptors (Lipinski definition) is 7. The summed E-state index contributed by atoms with van der Waals surface area (Å²) >= 11 is 1.50. The number of benzene rings is 3. The monoisotopic (exact) mass is 664 g/mol. The third-order valence-electron chi connectivity index (χ3n) is 7.58. The van der Waals surface area contributed by atoms with Gasteiger partial charge in [0.2, 0.25) is 0 Å². The zero-order valence-corrected chi connectivity index (χ0v) is 28.2. The van der Waals surface area contributed by atoms with Crippen LogP contribution in [0.2, 0.25) is 0 Å². The Kier molecular flexibility index (Phi) is 9.20. The van der Waals surface area contributed by atoms with E-state index in [9.17, 15) is 14.3 Å². The van der Waals surface area contributed by atoms with Crippen molar-refractivity contribution < 1.29 is 14.3 Å². The maximum absolute atomic E-state index is 14.6. The number of amides is 2. The van der Waals surface area contributed by atoms with Gasteiger partial charge >= 0.3 is 6.03 Å². The maximum Gasteiger partial charge on any atom is 0.320 e. The first-order chi connectivity index (χ1) is 22.9. The summed E-state index contributed by atoms with van der Waals surface area (Å²) in [5.74, 6) is 0.284. The summed E-state index contributed by atoms with van der Waals surface area (Å²) in [6.07, 6.45) is 1.83. The predicted octanol–water partition coefficient (Wildman–Crippen LogP) is 7.26. The smallest absolute Gasteiger partial charge is 0.320 e. The van der Waals surface area contributed by atoms with Gasteiger partial charge in [-0.1, -0.05) is 62.9 Å². The molecule has 6 aromatic rings. The van der Waals surface area contributed by atoms with Crippen LogP contribution in [0.5, 0.6) is 5.75 Å². The van der Waals surface area contributed by atoms with Crippen LogP contribution in [0.4, 0.5) is 15.0 Å². The first-order valence-electron chi connectivity index (χ1n) is 15.4. The first-order valence-corrected chi connectivity index (χ1v) is 16.2. The minimum Gasteiger partial charge on any atom is -0.508 e. The lowest BCUT2D eigenvalue weighted by molar-refractivity contribution is 0.251. The van der Waals surface area contributed by atoms with Gasteiger partial charge in [0.05, 0.1) is 16.9 Å². The molecule has 0 fully saturated rings. The van der Waals surface area contributed by atoms with Gasteiger partial charge in [-0.3, -0.25) is 9.72 Å². The molecule has 3 aromatic heterocycles. The van der Waals surface area contributed by atoms with E-state index in [-0.39, 0.29) is 35.1 Å². The van der Waals surface area contributed by atoms with Gasteiger partial charge in [-0.05, 0) is 73.8 Å². The molecule has 3 aromatic carbocycles. The zero-order valence-electron chi connectivity index (χ0n) is 27.4. The van der Waals surface area contributed by atoms with Crippen LogP contribution in [0, 0.1) is 5.82 Å². The highest BCUT2D eigenvalue weighted by Gasteiger charge is 2.22. The molecule has 0 saturated carbocycles. The van der Waals surface area contributed by atoms with Gasteiger partial charge in [0.1, 0.15) is 17.4 Å². The number of pyridine rings is 1. The topological polar surface area (TPSA) is 113 Å². The van der Waals surface area contributed by atoms with E-state index in [1.165, 1.54) is 30.0 Å². The molecule has 2 amide bonds. The van der Waals surface area contributed by atoms with Crippen molar-refractivity contribution in [3.8, 4) is 22.8 Å². The minimum absolute atomic E-state index is 0.0625. The number of halogens is 1. The number of urea groups is 1. The number of carbonyl (C=O) groups excluding carboxylic acids is 1. The molecule has 12 heteroatoms. The Morgan fingerprint density at radius 2 is 1.79 bits per heavy atom. The van der Waals surface area contributed by atoms with Crippen molar-refractivity contribution in [2.45, 2.75) is 49.1 Å². The van der Waals surface area contributed by atoms with Crippen LogP contribution in [0.15, 0.2) is 101 Å². The van der Waals surface area contributed by atoms with E-state index in [1.54, 1.807) is 15.1 Å². The molecule has 10 nitrogen and oxygen atoms in total. The van der Waals surface area contributed by atoms with Gasteiger partial charge in [0, 0.05) is 40.6 Å². The molecule has 6 rings (SSSR count). The number of fused-ring (bicyclic) bond motifs is 1. The normalized spacial score (nSPS) is 11.7. The van der Waals surface area contributed by atoms with Crippen LogP contribution in [-0.4, -0.2) is 54.5 Å². The largest absolute Gasteiger partial charge is 0.508 e. The van der Waals surface area contributed by atoms with Crippen LogP contribution >= 0.6 is 11.8 Å². The van der Waals surface area contributed by atoms with Crippen LogP contribution in [0.3, 0.4) is 0 Å². The summed E-state index contributed by atoms with van der Waals surface area (Å²) in [6.45, 7) is 7.34. The average Bonchev–Trinajstić information content (AvgIpc) is 3.66. The number of phenolic OH excluding ortho intramolecular Hbond substituents is 1. The number of phenols is 1. The number of rotatable bonds is 9. The van der Waals surface area contributed by atoms with Crippen molar-refractivity contribution in [2.75, 3.05) is 19.4 Å². The van der Waals surface area contributed by atoms with Crippen molar-refractivity contribution >= 4 is 29.3 Å². The summed E-state index contributed by atoms with van der Waals surface area (Å²) in [6, 6.07) is 25.0. The number of nitrogens with zero attached hydrogens (tertiary/aromatic N) is 6. The van der Waals surface area contributed by atoms with Gasteiger partial charge in [-0.15, -0.1) is 10.2 Å². The number of aromatic nitrogens is 5. The Bertz CT molecular complexity index is 2100. The SMILES string of the molecule is CN(C)Cc1cccc(-n2nc(C(C)(C)C)cc2NC(=O)NCc2ccccc2Sc2ccc3nnc(-c4cc(O)ccc4F)n3c2)c1. The van der Waals surface area contributed by atoms with Crippen molar-refractivity contribution in [2.24, 2.45) is 0 Å². The van der Waals surface area contributed by atoms with E-state index in [0.717, 1.165) is 38.8 Å². The molecule has 0 aliphatic heterocycles. The highest BCUT2D eigenvalue weighted by molar-refractivity contribution is 7.99. The fraction of sp³-hybridized carbons (Fsp3) is 0.222. The molecule has 0 radical (unpaired) electrons. The molecule has 0 aliphatic rings. The molecular formula is C36H37FN8O2S. The molecule has 0 bridgehead atoms. The molecule has 0 spiro atoms. The van der Waals surface area contributed by atoms with Crippen LogP contribution in [0.1, 0.15) is 37.6 Å². The summed E-state index contributed by atoms with van der Waals surface area (Å²) in [5.41, 5.74) is 4.25. The second-order valence-corrected chi connectivity index (χ2v) is 13.9. The van der Waals surface area contributed by atoms with Gasteiger partial charge in [0.15, 0.2) is 11.5 Å². The fourth-order valence-electron chi connectivity index (χ4n) is 5.20. The van der Waals surface area contributed by atoms with Gasteiger partial charge in [-0.25, -0.2) is 13.9 Å². The summed E-state index contributed by atoms with van der Waals surface area (Å²) in [4.78, 5) is 17.2. The van der Waals surface area contributed by atoms with Gasteiger partial charge in [0.25, 0.3) is 0 Å². The lowest BCUT2D eigenvalue weighted by atomic mass is 9.92. The second-order valence-electron chi connectivity index (χ2n) is 12.8. The predicted molar refractivity (Wildman–Crippen MR) is 186 cm³/mol. The van der Waals surface area contributed by atoms with E-state index in [0.29, 0.717) is 11.5 Å². The Morgan fingerprint density at radius 1 is 0.979 bits per heavy atom. The maximum atomic E-state index is 14.6. The number of nitrogens with one attached hydrogen (secondary N) is 2. The number of hydrogen-bond donors (Lipinski definition) is 3. The van der Waals surface area contributed by atoms with Crippen molar-refractivity contribution in [3.63, 3.8) is 0 Å². The molecule has 0 unspecified atom stereocenters. The zero-order chi connectivity index (χ0) is 34.0. The molecule has 0 aliphatic carbocycles. The van der Waals surface area contributed by atoms with Crippen molar-refractivity contribution in [3.05, 3.63) is 114 Å². The number of aromatic hydroxyl groups is 1. The van der Waals surface area contributed by atoms with Crippen LogP contribution in [0.25, 0.3) is 22.7 Å². The van der Waals surface area contributed by atoms with E-state index in [2.05, 4.69) is 58.6 Å². The third-order valence-corrected chi connectivity index (χ3v) is 8.67. The lowest BCUT2D eigenvalue weighted by Crippen LogP contribution is -2.29.